The van der Waals surface area contributed by atoms with Gasteiger partial charge >= 0.3 is 0 Å². The van der Waals surface area contributed by atoms with E-state index < -0.39 is 0 Å². The summed E-state index contributed by atoms with van der Waals surface area (Å²) >= 11 is 0. The Kier molecular flexibility index (Phi) is 6.16. The minimum atomic E-state index is 1.31. The average Bonchev–Trinajstić information content (AvgIpc) is 2.64. The maximum atomic E-state index is 4.50. The maximum absolute atomic E-state index is 4.50. The van der Waals surface area contributed by atoms with Crippen molar-refractivity contribution >= 4 is 21.5 Å². The average molecular weight is 287 g/mol. The van der Waals surface area contributed by atoms with E-state index in [1.165, 1.54) is 28.6 Å². The van der Waals surface area contributed by atoms with Gasteiger partial charge in [-0.15, -0.1) is 0 Å². The summed E-state index contributed by atoms with van der Waals surface area (Å²) in [6, 6.07) is 33.4. The number of hydrogen-bond acceptors (Lipinski definition) is 1. The quantitative estimate of drug-likeness (QED) is 0.469. The molecule has 22 heavy (non-hydrogen) atoms. The van der Waals surface area contributed by atoms with Crippen LogP contribution in [0.2, 0.25) is 0 Å². The van der Waals surface area contributed by atoms with Gasteiger partial charge in [0.05, 0.1) is 0 Å². The molecule has 0 saturated heterocycles. The minimum absolute atomic E-state index is 1.31. The number of rotatable bonds is 0. The molecule has 0 bridgehead atoms. The van der Waals surface area contributed by atoms with Gasteiger partial charge in [0.1, 0.15) is 0 Å². The van der Waals surface area contributed by atoms with E-state index in [1.54, 1.807) is 0 Å². The number of hydrogen-bond donors (Lipinski definition) is 1. The predicted molar refractivity (Wildman–Crippen MR) is 98.0 cm³/mol. The lowest BCUT2D eigenvalue weighted by atomic mass is 10.1. The van der Waals surface area contributed by atoms with E-state index >= 15 is 0 Å². The van der Waals surface area contributed by atoms with Crippen LogP contribution in [0.1, 0.15) is 0 Å². The Balaban J connectivity index is 0.000000144. The number of fused-ring (bicyclic) bond motifs is 2. The van der Waals surface area contributed by atoms with Gasteiger partial charge in [-0.05, 0) is 28.6 Å². The molecule has 0 aliphatic heterocycles. The molecule has 0 atom stereocenters. The zero-order valence-corrected chi connectivity index (χ0v) is 12.8. The van der Waals surface area contributed by atoms with E-state index in [0.717, 1.165) is 0 Å². The van der Waals surface area contributed by atoms with Crippen LogP contribution in [0.5, 0.6) is 0 Å². The molecule has 4 aromatic rings. The molecule has 0 radical (unpaired) electrons. The minimum Gasteiger partial charge on any atom is -0.333 e. The summed E-state index contributed by atoms with van der Waals surface area (Å²) < 4.78 is 0. The fourth-order valence-electron chi connectivity index (χ4n) is 2.27. The van der Waals surface area contributed by atoms with Gasteiger partial charge in [-0.2, -0.15) is 0 Å². The van der Waals surface area contributed by atoms with Crippen molar-refractivity contribution in [2.45, 2.75) is 0 Å². The summed E-state index contributed by atoms with van der Waals surface area (Å²) in [5.74, 6) is 0. The molecule has 110 valence electrons. The molecule has 0 spiro atoms. The lowest BCUT2D eigenvalue weighted by molar-refractivity contribution is 1.48. The second kappa shape index (κ2) is 8.60. The van der Waals surface area contributed by atoms with Crippen LogP contribution < -0.4 is 5.73 Å². The van der Waals surface area contributed by atoms with Gasteiger partial charge in [0, 0.05) is 0 Å². The first-order chi connectivity index (χ1) is 10.9. The predicted octanol–water partition coefficient (Wildman–Crippen LogP) is 5.25. The Hall–Kier alpha value is -2.64. The molecule has 4 aromatic carbocycles. The molecule has 0 heterocycles. The van der Waals surface area contributed by atoms with Crippen molar-refractivity contribution in [1.82, 2.24) is 0 Å². The van der Waals surface area contributed by atoms with Crippen molar-refractivity contribution in [1.29, 1.82) is 0 Å². The van der Waals surface area contributed by atoms with Crippen molar-refractivity contribution in [3.05, 3.63) is 97.1 Å². The Morgan fingerprint density at radius 3 is 0.636 bits per heavy atom. The van der Waals surface area contributed by atoms with Crippen LogP contribution in [-0.4, -0.2) is 7.05 Å². The molecule has 4 rings (SSSR count). The Bertz CT molecular complexity index is 619. The molecule has 0 aliphatic carbocycles. The van der Waals surface area contributed by atoms with Gasteiger partial charge in [-0.25, -0.2) is 0 Å². The maximum Gasteiger partial charge on any atom is -0.0184 e. The highest BCUT2D eigenvalue weighted by Crippen LogP contribution is 2.11. The first-order valence-electron chi connectivity index (χ1n) is 7.39. The highest BCUT2D eigenvalue weighted by molar-refractivity contribution is 5.82. The standard InChI is InChI=1S/2C10H8.CH5N/c2*1-2-6-10-8-4-3-7-9(10)5-1;1-2/h2*1-8H;2H2,1H3. The van der Waals surface area contributed by atoms with E-state index in [4.69, 9.17) is 0 Å². The third kappa shape index (κ3) is 4.18. The Labute approximate surface area is 132 Å². The monoisotopic (exact) mass is 287 g/mol. The van der Waals surface area contributed by atoms with Crippen molar-refractivity contribution in [2.75, 3.05) is 7.05 Å². The van der Waals surface area contributed by atoms with Gasteiger partial charge in [0.2, 0.25) is 0 Å². The summed E-state index contributed by atoms with van der Waals surface area (Å²) in [5, 5.41) is 5.24. The third-order valence-corrected chi connectivity index (χ3v) is 3.32. The molecule has 1 heteroatoms. The largest absolute Gasteiger partial charge is 0.333 e. The van der Waals surface area contributed by atoms with Crippen LogP contribution in [-0.2, 0) is 0 Å². The Morgan fingerprint density at radius 2 is 0.500 bits per heavy atom. The van der Waals surface area contributed by atoms with Crippen molar-refractivity contribution < 1.29 is 0 Å². The highest BCUT2D eigenvalue weighted by Gasteiger charge is 1.86. The third-order valence-electron chi connectivity index (χ3n) is 3.32. The van der Waals surface area contributed by atoms with Crippen LogP contribution in [0.3, 0.4) is 0 Å². The zero-order valence-electron chi connectivity index (χ0n) is 12.8. The SMILES string of the molecule is CN.c1ccc2ccccc2c1.c1ccc2ccccc2c1. The zero-order chi connectivity index (χ0) is 15.6. The molecule has 0 amide bonds. The summed E-state index contributed by atoms with van der Waals surface area (Å²) in [7, 11) is 1.50. The van der Waals surface area contributed by atoms with E-state index in [9.17, 15) is 0 Å². The number of benzene rings is 4. The van der Waals surface area contributed by atoms with Gasteiger partial charge in [0.15, 0.2) is 0 Å². The molecule has 0 unspecified atom stereocenters. The molecular formula is C21H21N. The van der Waals surface area contributed by atoms with Gasteiger partial charge < -0.3 is 5.73 Å². The first-order valence-corrected chi connectivity index (χ1v) is 7.39. The molecule has 0 aliphatic rings. The van der Waals surface area contributed by atoms with Crippen LogP contribution in [0.15, 0.2) is 97.1 Å². The van der Waals surface area contributed by atoms with Gasteiger partial charge in [-0.3, -0.25) is 0 Å². The fraction of sp³-hybridized carbons (Fsp3) is 0.0476. The van der Waals surface area contributed by atoms with E-state index in [-0.39, 0.29) is 0 Å². The smallest absolute Gasteiger partial charge is 0.0184 e. The Morgan fingerprint density at radius 1 is 0.364 bits per heavy atom. The van der Waals surface area contributed by atoms with E-state index in [2.05, 4.69) is 103 Å². The molecule has 0 fully saturated rings. The lowest BCUT2D eigenvalue weighted by Gasteiger charge is -1.92. The molecular weight excluding hydrogens is 266 g/mol. The van der Waals surface area contributed by atoms with Crippen LogP contribution >= 0.6 is 0 Å². The molecule has 0 aromatic heterocycles. The van der Waals surface area contributed by atoms with E-state index in [1.807, 2.05) is 0 Å². The van der Waals surface area contributed by atoms with Crippen LogP contribution in [0.25, 0.3) is 21.5 Å². The van der Waals surface area contributed by atoms with Crippen molar-refractivity contribution in [3.63, 3.8) is 0 Å². The van der Waals surface area contributed by atoms with E-state index in [0.29, 0.717) is 0 Å². The summed E-state index contributed by atoms with van der Waals surface area (Å²) in [6.45, 7) is 0. The lowest BCUT2D eigenvalue weighted by Crippen LogP contribution is -1.69. The van der Waals surface area contributed by atoms with Crippen molar-refractivity contribution in [2.24, 2.45) is 5.73 Å². The molecule has 1 nitrogen and oxygen atoms in total. The number of nitrogens with two attached hydrogens (primary N) is 1. The second-order valence-corrected chi connectivity index (χ2v) is 4.69. The second-order valence-electron chi connectivity index (χ2n) is 4.69. The normalized spacial score (nSPS) is 9.36. The topological polar surface area (TPSA) is 26.0 Å². The summed E-state index contributed by atoms with van der Waals surface area (Å²) in [4.78, 5) is 0. The summed E-state index contributed by atoms with van der Waals surface area (Å²) in [5.41, 5.74) is 4.50. The van der Waals surface area contributed by atoms with Gasteiger partial charge in [0.25, 0.3) is 0 Å². The first kappa shape index (κ1) is 15.7. The highest BCUT2D eigenvalue weighted by atomic mass is 14.4. The molecule has 0 saturated carbocycles. The molecule has 2 N–H and O–H groups in total. The van der Waals surface area contributed by atoms with Gasteiger partial charge in [-0.1, -0.05) is 97.1 Å². The van der Waals surface area contributed by atoms with Crippen LogP contribution in [0.4, 0.5) is 0 Å². The van der Waals surface area contributed by atoms with Crippen molar-refractivity contribution in [3.8, 4) is 0 Å². The van der Waals surface area contributed by atoms with Crippen LogP contribution in [0, 0.1) is 0 Å². The summed E-state index contributed by atoms with van der Waals surface area (Å²) in [6.07, 6.45) is 0. The fourth-order valence-corrected chi connectivity index (χ4v) is 2.27.